The standard InChI is InChI=1S/C27H37N7O3/c1-19-14-23(15-20(2)24(19)37-13-12-35)30-26-29-16-21(3)25(31-26)34-9-6-22(18-34)17-32-7-5-8-33(11-10-32)27(36)28-4/h6,9,14-16,18,35H,5,7-8,10-13,17H2,1-4H3,(H,28,36)(H,29,30,31). The Morgan fingerprint density at radius 2 is 1.89 bits per heavy atom. The van der Waals surface area contributed by atoms with Crippen LogP contribution in [0, 0.1) is 20.8 Å². The van der Waals surface area contributed by atoms with E-state index in [0.29, 0.717) is 5.95 Å². The number of ether oxygens (including phenoxy) is 1. The first-order valence-electron chi connectivity index (χ1n) is 12.7. The largest absolute Gasteiger partial charge is 0.491 e. The van der Waals surface area contributed by atoms with E-state index >= 15 is 0 Å². The number of carbonyl (C=O) groups excluding carboxylic acids is 1. The van der Waals surface area contributed by atoms with Crippen molar-refractivity contribution in [3.8, 4) is 11.6 Å². The molecule has 0 spiro atoms. The van der Waals surface area contributed by atoms with E-state index in [9.17, 15) is 4.79 Å². The van der Waals surface area contributed by atoms with Crippen LogP contribution >= 0.6 is 0 Å². The summed E-state index contributed by atoms with van der Waals surface area (Å²) in [5.74, 6) is 2.12. The average molecular weight is 508 g/mol. The highest BCUT2D eigenvalue weighted by atomic mass is 16.5. The van der Waals surface area contributed by atoms with Crippen LogP contribution in [0.1, 0.15) is 28.7 Å². The molecule has 4 rings (SSSR count). The van der Waals surface area contributed by atoms with Crippen molar-refractivity contribution in [1.82, 2.24) is 29.7 Å². The molecule has 0 atom stereocenters. The number of nitrogens with one attached hydrogen (secondary N) is 2. The number of anilines is 2. The summed E-state index contributed by atoms with van der Waals surface area (Å²) in [4.78, 5) is 25.5. The quantitative estimate of drug-likeness (QED) is 0.430. The first kappa shape index (κ1) is 26.4. The molecular formula is C27H37N7O3. The van der Waals surface area contributed by atoms with Gasteiger partial charge in [-0.25, -0.2) is 9.78 Å². The summed E-state index contributed by atoms with van der Waals surface area (Å²) in [5, 5.41) is 15.1. The summed E-state index contributed by atoms with van der Waals surface area (Å²) >= 11 is 0. The Bertz CT molecular complexity index is 1200. The highest BCUT2D eigenvalue weighted by Crippen LogP contribution is 2.28. The smallest absolute Gasteiger partial charge is 0.317 e. The van der Waals surface area contributed by atoms with Gasteiger partial charge in [0.25, 0.3) is 0 Å². The summed E-state index contributed by atoms with van der Waals surface area (Å²) in [6.07, 6.45) is 6.93. The molecule has 10 heteroatoms. The molecule has 0 radical (unpaired) electrons. The molecule has 1 fully saturated rings. The summed E-state index contributed by atoms with van der Waals surface area (Å²) < 4.78 is 7.70. The Morgan fingerprint density at radius 3 is 2.62 bits per heavy atom. The molecule has 3 aromatic rings. The number of urea groups is 1. The lowest BCUT2D eigenvalue weighted by Gasteiger charge is -2.21. The van der Waals surface area contributed by atoms with Gasteiger partial charge < -0.3 is 29.9 Å². The van der Waals surface area contributed by atoms with Crippen molar-refractivity contribution in [3.63, 3.8) is 0 Å². The summed E-state index contributed by atoms with van der Waals surface area (Å²) in [7, 11) is 1.68. The zero-order valence-electron chi connectivity index (χ0n) is 22.1. The minimum atomic E-state index is -0.0196. The number of rotatable bonds is 8. The van der Waals surface area contributed by atoms with Crippen LogP contribution in [0.2, 0.25) is 0 Å². The van der Waals surface area contributed by atoms with E-state index in [1.165, 1.54) is 5.56 Å². The van der Waals surface area contributed by atoms with Crippen LogP contribution in [0.4, 0.5) is 16.4 Å². The number of hydrogen-bond acceptors (Lipinski definition) is 7. The lowest BCUT2D eigenvalue weighted by Crippen LogP contribution is -2.40. The third-order valence-corrected chi connectivity index (χ3v) is 6.49. The summed E-state index contributed by atoms with van der Waals surface area (Å²) in [5.41, 5.74) is 5.01. The normalized spacial score (nSPS) is 14.4. The summed E-state index contributed by atoms with van der Waals surface area (Å²) in [6, 6.07) is 6.09. The van der Waals surface area contributed by atoms with Crippen LogP contribution in [0.5, 0.6) is 5.75 Å². The second kappa shape index (κ2) is 12.1. The SMILES string of the molecule is CNC(=O)N1CCCN(Cc2ccn(-c3nc(Nc4cc(C)c(OCCO)c(C)c4)ncc3C)c2)CC1. The average Bonchev–Trinajstić information content (AvgIpc) is 3.21. The van der Waals surface area contributed by atoms with E-state index in [1.54, 1.807) is 7.05 Å². The number of amides is 2. The predicted octanol–water partition coefficient (Wildman–Crippen LogP) is 3.15. The molecular weight excluding hydrogens is 470 g/mol. The van der Waals surface area contributed by atoms with Gasteiger partial charge in [-0.2, -0.15) is 4.98 Å². The highest BCUT2D eigenvalue weighted by Gasteiger charge is 2.19. The fourth-order valence-electron chi connectivity index (χ4n) is 4.70. The van der Waals surface area contributed by atoms with Crippen molar-refractivity contribution in [1.29, 1.82) is 0 Å². The van der Waals surface area contributed by atoms with Gasteiger partial charge in [0.2, 0.25) is 5.95 Å². The van der Waals surface area contributed by atoms with Crippen LogP contribution in [0.25, 0.3) is 5.82 Å². The monoisotopic (exact) mass is 507 g/mol. The van der Waals surface area contributed by atoms with Crippen molar-refractivity contribution < 1.29 is 14.6 Å². The molecule has 0 unspecified atom stereocenters. The van der Waals surface area contributed by atoms with E-state index in [1.807, 2.05) is 54.8 Å². The molecule has 0 aliphatic carbocycles. The zero-order chi connectivity index (χ0) is 26.4. The number of aliphatic hydroxyl groups excluding tert-OH is 1. The molecule has 1 aromatic carbocycles. The minimum Gasteiger partial charge on any atom is -0.491 e. The van der Waals surface area contributed by atoms with E-state index in [-0.39, 0.29) is 19.2 Å². The minimum absolute atomic E-state index is 0.00653. The lowest BCUT2D eigenvalue weighted by atomic mass is 10.1. The third-order valence-electron chi connectivity index (χ3n) is 6.49. The number of carbonyl (C=O) groups is 1. The van der Waals surface area contributed by atoms with Crippen molar-refractivity contribution in [2.24, 2.45) is 0 Å². The van der Waals surface area contributed by atoms with Gasteiger partial charge in [-0.1, -0.05) is 0 Å². The number of hydrogen-bond donors (Lipinski definition) is 3. The Morgan fingerprint density at radius 1 is 1.11 bits per heavy atom. The molecule has 37 heavy (non-hydrogen) atoms. The fourth-order valence-corrected chi connectivity index (χ4v) is 4.70. The van der Waals surface area contributed by atoms with Gasteiger partial charge in [0.1, 0.15) is 18.2 Å². The van der Waals surface area contributed by atoms with Crippen LogP contribution in [-0.2, 0) is 6.54 Å². The Hall–Kier alpha value is -3.63. The van der Waals surface area contributed by atoms with Crippen molar-refractivity contribution in [2.45, 2.75) is 33.7 Å². The highest BCUT2D eigenvalue weighted by molar-refractivity contribution is 5.73. The molecule has 3 N–H and O–H groups in total. The van der Waals surface area contributed by atoms with Gasteiger partial charge in [0.05, 0.1) is 6.61 Å². The molecule has 0 saturated carbocycles. The number of aliphatic hydroxyl groups is 1. The van der Waals surface area contributed by atoms with Crippen LogP contribution in [0.15, 0.2) is 36.8 Å². The molecule has 0 bridgehead atoms. The van der Waals surface area contributed by atoms with Crippen molar-refractivity contribution in [3.05, 3.63) is 59.0 Å². The predicted molar refractivity (Wildman–Crippen MR) is 144 cm³/mol. The Kier molecular flexibility index (Phi) is 8.62. The maximum atomic E-state index is 12.0. The molecule has 3 heterocycles. The molecule has 10 nitrogen and oxygen atoms in total. The van der Waals surface area contributed by atoms with Gasteiger partial charge >= 0.3 is 6.03 Å². The molecule has 1 aliphatic rings. The second-order valence-corrected chi connectivity index (χ2v) is 9.44. The van der Waals surface area contributed by atoms with Crippen LogP contribution < -0.4 is 15.4 Å². The first-order chi connectivity index (χ1) is 17.9. The number of nitrogens with zero attached hydrogens (tertiary/aromatic N) is 5. The molecule has 2 aromatic heterocycles. The maximum Gasteiger partial charge on any atom is 0.317 e. The number of benzene rings is 1. The zero-order valence-corrected chi connectivity index (χ0v) is 22.1. The Labute approximate surface area is 218 Å². The first-order valence-corrected chi connectivity index (χ1v) is 12.7. The topological polar surface area (TPSA) is 108 Å². The molecule has 198 valence electrons. The lowest BCUT2D eigenvalue weighted by molar-refractivity contribution is 0.200. The van der Waals surface area contributed by atoms with Gasteiger partial charge in [-0.15, -0.1) is 0 Å². The maximum absolute atomic E-state index is 12.0. The van der Waals surface area contributed by atoms with Gasteiger partial charge in [0, 0.05) is 69.6 Å². The van der Waals surface area contributed by atoms with E-state index < -0.39 is 0 Å². The van der Waals surface area contributed by atoms with Gasteiger partial charge in [0.15, 0.2) is 0 Å². The van der Waals surface area contributed by atoms with E-state index in [0.717, 1.165) is 73.1 Å². The molecule has 1 aliphatic heterocycles. The number of aryl methyl sites for hydroxylation is 3. The van der Waals surface area contributed by atoms with E-state index in [2.05, 4.69) is 32.8 Å². The molecule has 1 saturated heterocycles. The molecule has 2 amide bonds. The van der Waals surface area contributed by atoms with Crippen molar-refractivity contribution in [2.75, 3.05) is 51.8 Å². The van der Waals surface area contributed by atoms with E-state index in [4.69, 9.17) is 14.8 Å². The van der Waals surface area contributed by atoms with Gasteiger partial charge in [-0.3, -0.25) is 4.90 Å². The van der Waals surface area contributed by atoms with Crippen molar-refractivity contribution >= 4 is 17.7 Å². The van der Waals surface area contributed by atoms with Gasteiger partial charge in [-0.05, 0) is 62.1 Å². The second-order valence-electron chi connectivity index (χ2n) is 9.44. The summed E-state index contributed by atoms with van der Waals surface area (Å²) in [6.45, 7) is 10.4. The third kappa shape index (κ3) is 6.58. The number of aromatic nitrogens is 3. The van der Waals surface area contributed by atoms with Crippen LogP contribution in [0.3, 0.4) is 0 Å². The van der Waals surface area contributed by atoms with Crippen LogP contribution in [-0.4, -0.2) is 81.9 Å². The fraction of sp³-hybridized carbons (Fsp3) is 0.444. The Balaban J connectivity index is 1.45.